The highest BCUT2D eigenvalue weighted by molar-refractivity contribution is 5.48. The maximum absolute atomic E-state index is 10.6. The molecule has 1 amide bonds. The summed E-state index contributed by atoms with van der Waals surface area (Å²) in [4.78, 5) is 21.9. The first-order valence-electron chi connectivity index (χ1n) is 6.76. The zero-order valence-corrected chi connectivity index (χ0v) is 10.8. The number of aryl methyl sites for hydroxylation is 1. The molecule has 19 heavy (non-hydrogen) atoms. The molecule has 1 fully saturated rings. The number of nitrogens with one attached hydrogen (secondary N) is 1. The lowest BCUT2D eigenvalue weighted by Gasteiger charge is -2.29. The SMILES string of the molecule is O=CNC1CCCc2nc(N3CCOCC3)ncc21. The average Bonchev–Trinajstić information content (AvgIpc) is 2.48. The van der Waals surface area contributed by atoms with E-state index in [1.165, 1.54) is 0 Å². The highest BCUT2D eigenvalue weighted by Crippen LogP contribution is 2.28. The Morgan fingerprint density at radius 2 is 2.26 bits per heavy atom. The highest BCUT2D eigenvalue weighted by Gasteiger charge is 2.23. The molecule has 3 rings (SSSR count). The molecule has 1 aromatic heterocycles. The molecule has 1 atom stereocenters. The van der Waals surface area contributed by atoms with Crippen LogP contribution in [0.4, 0.5) is 5.95 Å². The van der Waals surface area contributed by atoms with E-state index in [2.05, 4.69) is 20.2 Å². The van der Waals surface area contributed by atoms with Crippen LogP contribution in [0.15, 0.2) is 6.20 Å². The fourth-order valence-electron chi connectivity index (χ4n) is 2.71. The Bertz CT molecular complexity index is 460. The third kappa shape index (κ3) is 2.53. The topological polar surface area (TPSA) is 67.4 Å². The van der Waals surface area contributed by atoms with E-state index < -0.39 is 0 Å². The van der Waals surface area contributed by atoms with Gasteiger partial charge in [0.1, 0.15) is 0 Å². The van der Waals surface area contributed by atoms with Crippen molar-refractivity contribution in [3.05, 3.63) is 17.5 Å². The van der Waals surface area contributed by atoms with Crippen LogP contribution in [-0.4, -0.2) is 42.7 Å². The Hall–Kier alpha value is -1.69. The number of carbonyl (C=O) groups is 1. The first kappa shape index (κ1) is 12.3. The zero-order chi connectivity index (χ0) is 13.1. The number of carbonyl (C=O) groups excluding carboxylic acids is 1. The van der Waals surface area contributed by atoms with Crippen molar-refractivity contribution in [1.82, 2.24) is 15.3 Å². The van der Waals surface area contributed by atoms with Crippen LogP contribution in [0.2, 0.25) is 0 Å². The molecule has 2 aliphatic rings. The molecule has 0 saturated carbocycles. The molecule has 1 saturated heterocycles. The van der Waals surface area contributed by atoms with Crippen LogP contribution in [0.25, 0.3) is 0 Å². The summed E-state index contributed by atoms with van der Waals surface area (Å²) < 4.78 is 5.34. The summed E-state index contributed by atoms with van der Waals surface area (Å²) in [5.74, 6) is 0.786. The van der Waals surface area contributed by atoms with Crippen LogP contribution in [0.1, 0.15) is 30.1 Å². The molecule has 0 radical (unpaired) electrons. The lowest BCUT2D eigenvalue weighted by molar-refractivity contribution is -0.110. The van der Waals surface area contributed by atoms with Gasteiger partial charge < -0.3 is 15.0 Å². The molecule has 0 spiro atoms. The number of hydrogen-bond acceptors (Lipinski definition) is 5. The number of anilines is 1. The quantitative estimate of drug-likeness (QED) is 0.800. The number of rotatable bonds is 3. The van der Waals surface area contributed by atoms with Crippen LogP contribution in [-0.2, 0) is 16.0 Å². The molecule has 0 bridgehead atoms. The van der Waals surface area contributed by atoms with Gasteiger partial charge in [0.05, 0.1) is 24.9 Å². The van der Waals surface area contributed by atoms with Gasteiger partial charge in [-0.15, -0.1) is 0 Å². The second-order valence-electron chi connectivity index (χ2n) is 4.90. The first-order valence-corrected chi connectivity index (χ1v) is 6.76. The maximum Gasteiger partial charge on any atom is 0.225 e. The summed E-state index contributed by atoms with van der Waals surface area (Å²) in [6.45, 7) is 3.15. The van der Waals surface area contributed by atoms with Gasteiger partial charge in [0, 0.05) is 24.8 Å². The zero-order valence-electron chi connectivity index (χ0n) is 10.8. The molecule has 1 N–H and O–H groups in total. The van der Waals surface area contributed by atoms with Crippen molar-refractivity contribution in [3.8, 4) is 0 Å². The molecule has 1 aliphatic heterocycles. The smallest absolute Gasteiger partial charge is 0.225 e. The number of ether oxygens (including phenoxy) is 1. The van der Waals surface area contributed by atoms with Gasteiger partial charge in [-0.25, -0.2) is 9.97 Å². The third-order valence-corrected chi connectivity index (χ3v) is 3.73. The monoisotopic (exact) mass is 262 g/mol. The molecule has 0 aromatic carbocycles. The molecular formula is C13H18N4O2. The van der Waals surface area contributed by atoms with Gasteiger partial charge in [-0.1, -0.05) is 0 Å². The van der Waals surface area contributed by atoms with E-state index >= 15 is 0 Å². The van der Waals surface area contributed by atoms with E-state index in [4.69, 9.17) is 4.74 Å². The van der Waals surface area contributed by atoms with Crippen molar-refractivity contribution < 1.29 is 9.53 Å². The fourth-order valence-corrected chi connectivity index (χ4v) is 2.71. The van der Waals surface area contributed by atoms with Crippen LogP contribution in [0.3, 0.4) is 0 Å². The standard InChI is InChI=1S/C13H18N4O2/c18-9-15-11-2-1-3-12-10(11)8-14-13(16-12)17-4-6-19-7-5-17/h8-9,11H,1-7H2,(H,15,18). The van der Waals surface area contributed by atoms with Crippen molar-refractivity contribution >= 4 is 12.4 Å². The van der Waals surface area contributed by atoms with Crippen LogP contribution < -0.4 is 10.2 Å². The number of morpholine rings is 1. The Labute approximate surface area is 112 Å². The number of amides is 1. The van der Waals surface area contributed by atoms with Crippen molar-refractivity contribution in [2.45, 2.75) is 25.3 Å². The summed E-state index contributed by atoms with van der Waals surface area (Å²) >= 11 is 0. The van der Waals surface area contributed by atoms with Crippen molar-refractivity contribution in [2.24, 2.45) is 0 Å². The minimum absolute atomic E-state index is 0.0694. The molecule has 6 nitrogen and oxygen atoms in total. The van der Waals surface area contributed by atoms with Gasteiger partial charge in [0.2, 0.25) is 12.4 Å². The Morgan fingerprint density at radius 3 is 3.05 bits per heavy atom. The van der Waals surface area contributed by atoms with E-state index in [0.717, 1.165) is 69.2 Å². The summed E-state index contributed by atoms with van der Waals surface area (Å²) in [7, 11) is 0. The van der Waals surface area contributed by atoms with Crippen LogP contribution in [0, 0.1) is 0 Å². The van der Waals surface area contributed by atoms with E-state index in [0.29, 0.717) is 0 Å². The summed E-state index contributed by atoms with van der Waals surface area (Å²) in [5.41, 5.74) is 2.14. The average molecular weight is 262 g/mol. The molecular weight excluding hydrogens is 244 g/mol. The summed E-state index contributed by atoms with van der Waals surface area (Å²) in [6, 6.07) is 0.0694. The number of nitrogens with zero attached hydrogens (tertiary/aromatic N) is 3. The molecule has 1 unspecified atom stereocenters. The van der Waals surface area contributed by atoms with Gasteiger partial charge in [-0.05, 0) is 19.3 Å². The normalized spacial score (nSPS) is 22.7. The predicted octanol–water partition coefficient (Wildman–Crippen LogP) is 0.437. The van der Waals surface area contributed by atoms with Gasteiger partial charge in [0.25, 0.3) is 0 Å². The minimum atomic E-state index is 0.0694. The van der Waals surface area contributed by atoms with Crippen LogP contribution >= 0.6 is 0 Å². The lowest BCUT2D eigenvalue weighted by Crippen LogP contribution is -2.37. The number of fused-ring (bicyclic) bond motifs is 1. The molecule has 1 aliphatic carbocycles. The van der Waals surface area contributed by atoms with E-state index in [-0.39, 0.29) is 6.04 Å². The summed E-state index contributed by atoms with van der Waals surface area (Å²) in [6.07, 6.45) is 5.61. The highest BCUT2D eigenvalue weighted by atomic mass is 16.5. The Balaban J connectivity index is 1.84. The van der Waals surface area contributed by atoms with Crippen molar-refractivity contribution in [2.75, 3.05) is 31.2 Å². The van der Waals surface area contributed by atoms with E-state index in [1.807, 2.05) is 6.20 Å². The number of hydrogen-bond donors (Lipinski definition) is 1. The first-order chi connectivity index (χ1) is 9.38. The van der Waals surface area contributed by atoms with E-state index in [1.54, 1.807) is 0 Å². The molecule has 1 aromatic rings. The Kier molecular flexibility index (Phi) is 3.59. The minimum Gasteiger partial charge on any atom is -0.378 e. The molecule has 102 valence electrons. The van der Waals surface area contributed by atoms with Crippen molar-refractivity contribution in [3.63, 3.8) is 0 Å². The van der Waals surface area contributed by atoms with Gasteiger partial charge in [-0.2, -0.15) is 0 Å². The van der Waals surface area contributed by atoms with Gasteiger partial charge in [-0.3, -0.25) is 4.79 Å². The van der Waals surface area contributed by atoms with Crippen molar-refractivity contribution in [1.29, 1.82) is 0 Å². The number of aromatic nitrogens is 2. The van der Waals surface area contributed by atoms with E-state index in [9.17, 15) is 4.79 Å². The second-order valence-corrected chi connectivity index (χ2v) is 4.90. The van der Waals surface area contributed by atoms with Gasteiger partial charge in [0.15, 0.2) is 0 Å². The second kappa shape index (κ2) is 5.52. The Morgan fingerprint density at radius 1 is 1.42 bits per heavy atom. The van der Waals surface area contributed by atoms with Gasteiger partial charge >= 0.3 is 0 Å². The third-order valence-electron chi connectivity index (χ3n) is 3.73. The molecule has 6 heteroatoms. The van der Waals surface area contributed by atoms with Crippen LogP contribution in [0.5, 0.6) is 0 Å². The predicted molar refractivity (Wildman–Crippen MR) is 69.9 cm³/mol. The largest absolute Gasteiger partial charge is 0.378 e. The molecule has 2 heterocycles. The summed E-state index contributed by atoms with van der Waals surface area (Å²) in [5, 5.41) is 2.85. The maximum atomic E-state index is 10.6. The fraction of sp³-hybridized carbons (Fsp3) is 0.615. The lowest BCUT2D eigenvalue weighted by atomic mass is 9.92.